The molecule has 1 aromatic carbocycles. The van der Waals surface area contributed by atoms with Crippen LogP contribution in [0.5, 0.6) is 0 Å². The van der Waals surface area contributed by atoms with Crippen LogP contribution in [0.4, 0.5) is 11.4 Å². The number of hydrogen-bond donors (Lipinski definition) is 1. The van der Waals surface area contributed by atoms with E-state index in [0.717, 1.165) is 12.8 Å². The second kappa shape index (κ2) is 8.64. The van der Waals surface area contributed by atoms with Crippen LogP contribution >= 0.6 is 0 Å². The van der Waals surface area contributed by atoms with Crippen LogP contribution in [0.15, 0.2) is 18.2 Å². The van der Waals surface area contributed by atoms with Crippen LogP contribution in [0.25, 0.3) is 0 Å². The molecule has 1 aliphatic heterocycles. The van der Waals surface area contributed by atoms with E-state index in [1.807, 2.05) is 18.7 Å². The van der Waals surface area contributed by atoms with E-state index in [2.05, 4.69) is 5.32 Å². The van der Waals surface area contributed by atoms with Gasteiger partial charge in [0.05, 0.1) is 4.92 Å². The van der Waals surface area contributed by atoms with Gasteiger partial charge in [0.2, 0.25) is 5.91 Å². The smallest absolute Gasteiger partial charge is 0.293 e. The molecule has 1 heterocycles. The Morgan fingerprint density at radius 1 is 1.19 bits per heavy atom. The van der Waals surface area contributed by atoms with Crippen LogP contribution in [-0.4, -0.2) is 53.9 Å². The van der Waals surface area contributed by atoms with Crippen molar-refractivity contribution in [1.82, 2.24) is 10.2 Å². The lowest BCUT2D eigenvalue weighted by atomic mass is 10.1. The Kier molecular flexibility index (Phi) is 6.54. The normalized spacial score (nSPS) is 14.5. The first-order chi connectivity index (χ1) is 12.4. The molecule has 0 aliphatic carbocycles. The summed E-state index contributed by atoms with van der Waals surface area (Å²) in [5.41, 5.74) is 0.686. The molecule has 1 saturated heterocycles. The highest BCUT2D eigenvalue weighted by Gasteiger charge is 2.26. The Morgan fingerprint density at radius 3 is 2.31 bits per heavy atom. The summed E-state index contributed by atoms with van der Waals surface area (Å²) in [5, 5.41) is 14.4. The summed E-state index contributed by atoms with van der Waals surface area (Å²) in [4.78, 5) is 38.5. The Balaban J connectivity index is 2.20. The molecule has 1 fully saturated rings. The number of anilines is 1. The largest absolute Gasteiger partial charge is 0.362 e. The van der Waals surface area contributed by atoms with Gasteiger partial charge in [-0.3, -0.25) is 19.7 Å². The lowest BCUT2D eigenvalue weighted by Crippen LogP contribution is -2.48. The van der Waals surface area contributed by atoms with Crippen molar-refractivity contribution in [1.29, 1.82) is 0 Å². The second-order valence-corrected chi connectivity index (χ2v) is 6.44. The highest BCUT2D eigenvalue weighted by atomic mass is 16.6. The number of carbonyl (C=O) groups excluding carboxylic acids is 2. The van der Waals surface area contributed by atoms with Gasteiger partial charge in [-0.1, -0.05) is 13.8 Å². The summed E-state index contributed by atoms with van der Waals surface area (Å²) in [6, 6.07) is 4.64. The van der Waals surface area contributed by atoms with E-state index in [-0.39, 0.29) is 29.1 Å². The molecule has 0 aromatic heterocycles. The van der Waals surface area contributed by atoms with E-state index in [1.54, 1.807) is 17.0 Å². The quantitative estimate of drug-likeness (QED) is 0.618. The maximum Gasteiger partial charge on any atom is 0.293 e. The third-order valence-electron chi connectivity index (χ3n) is 4.82. The van der Waals surface area contributed by atoms with E-state index in [9.17, 15) is 19.7 Å². The van der Waals surface area contributed by atoms with Crippen molar-refractivity contribution in [3.05, 3.63) is 33.9 Å². The SMILES string of the molecule is CCC(CC)NC(=O)c1ccc(N2CCN(C(C)=O)CC2)c([N+](=O)[O-])c1. The minimum absolute atomic E-state index is 0.00701. The number of nitrogens with zero attached hydrogens (tertiary/aromatic N) is 3. The second-order valence-electron chi connectivity index (χ2n) is 6.44. The molecule has 2 rings (SSSR count). The molecule has 1 aliphatic rings. The lowest BCUT2D eigenvalue weighted by molar-refractivity contribution is -0.384. The van der Waals surface area contributed by atoms with E-state index in [0.29, 0.717) is 31.9 Å². The van der Waals surface area contributed by atoms with Gasteiger partial charge in [-0.15, -0.1) is 0 Å². The predicted octanol–water partition coefficient (Wildman–Crippen LogP) is 2.18. The van der Waals surface area contributed by atoms with E-state index < -0.39 is 4.92 Å². The predicted molar refractivity (Wildman–Crippen MR) is 99.4 cm³/mol. The van der Waals surface area contributed by atoms with Crippen LogP contribution in [-0.2, 0) is 4.79 Å². The minimum atomic E-state index is -0.458. The zero-order valence-electron chi connectivity index (χ0n) is 15.5. The molecule has 26 heavy (non-hydrogen) atoms. The number of nitro benzene ring substituents is 1. The Morgan fingerprint density at radius 2 is 1.81 bits per heavy atom. The number of benzene rings is 1. The van der Waals surface area contributed by atoms with Gasteiger partial charge in [-0.05, 0) is 25.0 Å². The molecule has 0 atom stereocenters. The zero-order valence-corrected chi connectivity index (χ0v) is 15.5. The standard InChI is InChI=1S/C18H26N4O4/c1-4-15(5-2)19-18(24)14-6-7-16(17(12-14)22(25)26)21-10-8-20(9-11-21)13(3)23/h6-7,12,15H,4-5,8-11H2,1-3H3,(H,19,24). The Hall–Kier alpha value is -2.64. The highest BCUT2D eigenvalue weighted by Crippen LogP contribution is 2.30. The van der Waals surface area contributed by atoms with E-state index in [4.69, 9.17) is 0 Å². The van der Waals surface area contributed by atoms with Crippen LogP contribution in [0, 0.1) is 10.1 Å². The summed E-state index contributed by atoms with van der Waals surface area (Å²) >= 11 is 0. The Labute approximate surface area is 153 Å². The minimum Gasteiger partial charge on any atom is -0.362 e. The third-order valence-corrected chi connectivity index (χ3v) is 4.82. The molecule has 0 radical (unpaired) electrons. The molecule has 0 unspecified atom stereocenters. The van der Waals surface area contributed by atoms with Gasteiger partial charge >= 0.3 is 0 Å². The molecule has 0 bridgehead atoms. The number of carbonyl (C=O) groups is 2. The summed E-state index contributed by atoms with van der Waals surface area (Å²) in [5.74, 6) is -0.290. The van der Waals surface area contributed by atoms with Crippen molar-refractivity contribution < 1.29 is 14.5 Å². The fraction of sp³-hybridized carbons (Fsp3) is 0.556. The van der Waals surface area contributed by atoms with Gasteiger partial charge in [-0.25, -0.2) is 0 Å². The van der Waals surface area contributed by atoms with Gasteiger partial charge in [0, 0.05) is 50.8 Å². The molecule has 0 spiro atoms. The fourth-order valence-electron chi connectivity index (χ4n) is 3.10. The summed E-state index contributed by atoms with van der Waals surface area (Å²) in [6.07, 6.45) is 1.62. The zero-order chi connectivity index (χ0) is 19.3. The van der Waals surface area contributed by atoms with Gasteiger partial charge < -0.3 is 15.1 Å². The van der Waals surface area contributed by atoms with Crippen molar-refractivity contribution in [3.63, 3.8) is 0 Å². The first kappa shape index (κ1) is 19.7. The topological polar surface area (TPSA) is 95.8 Å². The molecule has 8 nitrogen and oxygen atoms in total. The number of piperazine rings is 1. The van der Waals surface area contributed by atoms with Crippen molar-refractivity contribution >= 4 is 23.2 Å². The number of nitro groups is 1. The van der Waals surface area contributed by atoms with Crippen molar-refractivity contribution in [3.8, 4) is 0 Å². The fourth-order valence-corrected chi connectivity index (χ4v) is 3.10. The molecule has 2 amide bonds. The first-order valence-electron chi connectivity index (χ1n) is 8.97. The van der Waals surface area contributed by atoms with Crippen LogP contribution in [0.3, 0.4) is 0 Å². The maximum absolute atomic E-state index is 12.4. The average Bonchev–Trinajstić information content (AvgIpc) is 2.65. The molecule has 142 valence electrons. The maximum atomic E-state index is 12.4. The van der Waals surface area contributed by atoms with Crippen molar-refractivity contribution in [2.45, 2.75) is 39.7 Å². The van der Waals surface area contributed by atoms with Gasteiger partial charge in [0.15, 0.2) is 0 Å². The lowest BCUT2D eigenvalue weighted by Gasteiger charge is -2.35. The molecule has 8 heteroatoms. The summed E-state index contributed by atoms with van der Waals surface area (Å²) in [7, 11) is 0. The van der Waals surface area contributed by atoms with Gasteiger partial charge in [0.1, 0.15) is 5.69 Å². The average molecular weight is 362 g/mol. The van der Waals surface area contributed by atoms with E-state index >= 15 is 0 Å². The van der Waals surface area contributed by atoms with Crippen molar-refractivity contribution in [2.75, 3.05) is 31.1 Å². The van der Waals surface area contributed by atoms with Crippen LogP contribution < -0.4 is 10.2 Å². The van der Waals surface area contributed by atoms with Gasteiger partial charge in [0.25, 0.3) is 11.6 Å². The number of nitrogens with one attached hydrogen (secondary N) is 1. The molecular formula is C18H26N4O4. The summed E-state index contributed by atoms with van der Waals surface area (Å²) in [6.45, 7) is 7.61. The monoisotopic (exact) mass is 362 g/mol. The molecule has 1 N–H and O–H groups in total. The summed E-state index contributed by atoms with van der Waals surface area (Å²) < 4.78 is 0. The molecular weight excluding hydrogens is 336 g/mol. The first-order valence-corrected chi connectivity index (χ1v) is 8.97. The highest BCUT2D eigenvalue weighted by molar-refractivity contribution is 5.96. The van der Waals surface area contributed by atoms with Crippen LogP contribution in [0.2, 0.25) is 0 Å². The molecule has 0 saturated carbocycles. The number of amides is 2. The molecule has 1 aromatic rings. The number of rotatable bonds is 6. The number of hydrogen-bond acceptors (Lipinski definition) is 5. The Bertz CT molecular complexity index is 680. The van der Waals surface area contributed by atoms with Crippen molar-refractivity contribution in [2.24, 2.45) is 0 Å². The van der Waals surface area contributed by atoms with E-state index in [1.165, 1.54) is 13.0 Å². The van der Waals surface area contributed by atoms with Gasteiger partial charge in [-0.2, -0.15) is 0 Å². The third kappa shape index (κ3) is 4.50. The van der Waals surface area contributed by atoms with Crippen LogP contribution in [0.1, 0.15) is 44.0 Å².